The van der Waals surface area contributed by atoms with Gasteiger partial charge in [-0.2, -0.15) is 0 Å². The summed E-state index contributed by atoms with van der Waals surface area (Å²) in [4.78, 5) is 0. The second-order valence-electron chi connectivity index (χ2n) is 5.53. The van der Waals surface area contributed by atoms with Crippen LogP contribution in [0.4, 0.5) is 0 Å². The first-order valence-corrected chi connectivity index (χ1v) is 7.15. The molecule has 1 fully saturated rings. The molecule has 0 heterocycles. The number of halogens is 1. The lowest BCUT2D eigenvalue weighted by Gasteiger charge is -2.27. The summed E-state index contributed by atoms with van der Waals surface area (Å²) in [6.07, 6.45) is 5.04. The minimum Gasteiger partial charge on any atom is -0.394 e. The van der Waals surface area contributed by atoms with Gasteiger partial charge in [0.2, 0.25) is 0 Å². The molecule has 1 aromatic rings. The van der Waals surface area contributed by atoms with Gasteiger partial charge in [0.25, 0.3) is 0 Å². The van der Waals surface area contributed by atoms with Crippen LogP contribution in [0.2, 0.25) is 5.02 Å². The van der Waals surface area contributed by atoms with Gasteiger partial charge in [-0.1, -0.05) is 43.5 Å². The van der Waals surface area contributed by atoms with Crippen LogP contribution in [-0.4, -0.2) is 11.7 Å². The van der Waals surface area contributed by atoms with Crippen LogP contribution < -0.4 is 5.73 Å². The Morgan fingerprint density at radius 3 is 2.56 bits per heavy atom. The molecular formula is C15H22ClNO. The zero-order valence-corrected chi connectivity index (χ0v) is 11.7. The first-order valence-electron chi connectivity index (χ1n) is 6.77. The molecule has 1 aliphatic carbocycles. The molecule has 100 valence electrons. The van der Waals surface area contributed by atoms with Crippen LogP contribution in [0.25, 0.3) is 0 Å². The van der Waals surface area contributed by atoms with Crippen LogP contribution >= 0.6 is 11.6 Å². The van der Waals surface area contributed by atoms with Crippen molar-refractivity contribution in [3.8, 4) is 0 Å². The number of hydrogen-bond donors (Lipinski definition) is 2. The van der Waals surface area contributed by atoms with Crippen LogP contribution in [0.1, 0.15) is 55.7 Å². The molecule has 1 atom stereocenters. The van der Waals surface area contributed by atoms with Crippen molar-refractivity contribution in [2.75, 3.05) is 6.61 Å². The Morgan fingerprint density at radius 1 is 1.33 bits per heavy atom. The molecule has 0 aliphatic heterocycles. The molecular weight excluding hydrogens is 246 g/mol. The minimum atomic E-state index is -0.331. The third-order valence-corrected chi connectivity index (χ3v) is 4.43. The van der Waals surface area contributed by atoms with E-state index in [0.29, 0.717) is 5.92 Å². The fourth-order valence-electron chi connectivity index (χ4n) is 2.78. The van der Waals surface area contributed by atoms with Gasteiger partial charge < -0.3 is 10.8 Å². The first-order chi connectivity index (χ1) is 8.61. The fourth-order valence-corrected chi connectivity index (χ4v) is 3.12. The quantitative estimate of drug-likeness (QED) is 0.879. The van der Waals surface area contributed by atoms with E-state index in [1.807, 2.05) is 12.1 Å². The van der Waals surface area contributed by atoms with E-state index in [-0.39, 0.29) is 12.6 Å². The van der Waals surface area contributed by atoms with Crippen molar-refractivity contribution in [2.45, 2.75) is 44.6 Å². The van der Waals surface area contributed by atoms with E-state index < -0.39 is 0 Å². The molecule has 1 saturated carbocycles. The highest BCUT2D eigenvalue weighted by atomic mass is 35.5. The third kappa shape index (κ3) is 3.05. The second-order valence-corrected chi connectivity index (χ2v) is 5.93. The van der Waals surface area contributed by atoms with Gasteiger partial charge >= 0.3 is 0 Å². The van der Waals surface area contributed by atoms with E-state index >= 15 is 0 Å². The number of aliphatic hydroxyl groups is 1. The van der Waals surface area contributed by atoms with Gasteiger partial charge in [0, 0.05) is 5.02 Å². The molecule has 1 unspecified atom stereocenters. The molecule has 0 aromatic heterocycles. The summed E-state index contributed by atoms with van der Waals surface area (Å²) < 4.78 is 0. The Bertz CT molecular complexity index is 399. The minimum absolute atomic E-state index is 0.0450. The van der Waals surface area contributed by atoms with Gasteiger partial charge in [-0.15, -0.1) is 0 Å². The van der Waals surface area contributed by atoms with E-state index in [2.05, 4.69) is 13.0 Å². The number of aliphatic hydroxyl groups excluding tert-OH is 1. The predicted octanol–water partition coefficient (Wildman–Crippen LogP) is 3.63. The summed E-state index contributed by atoms with van der Waals surface area (Å²) in [6, 6.07) is 5.67. The van der Waals surface area contributed by atoms with E-state index in [1.54, 1.807) is 0 Å². The Balaban J connectivity index is 2.14. The Hall–Kier alpha value is -0.570. The average molecular weight is 268 g/mol. The summed E-state index contributed by atoms with van der Waals surface area (Å²) in [5, 5.41) is 9.86. The molecule has 0 radical (unpaired) electrons. The Labute approximate surface area is 114 Å². The van der Waals surface area contributed by atoms with Crippen molar-refractivity contribution in [1.29, 1.82) is 0 Å². The Kier molecular flexibility index (Phi) is 4.66. The maximum absolute atomic E-state index is 9.06. The van der Waals surface area contributed by atoms with Crippen LogP contribution in [0.3, 0.4) is 0 Å². The largest absolute Gasteiger partial charge is 0.394 e. The zero-order valence-electron chi connectivity index (χ0n) is 10.9. The van der Waals surface area contributed by atoms with E-state index in [4.69, 9.17) is 22.4 Å². The molecule has 3 heteroatoms. The van der Waals surface area contributed by atoms with Crippen molar-refractivity contribution < 1.29 is 5.11 Å². The van der Waals surface area contributed by atoms with Crippen molar-refractivity contribution in [3.05, 3.63) is 34.3 Å². The average Bonchev–Trinajstić information content (AvgIpc) is 2.39. The zero-order chi connectivity index (χ0) is 13.1. The van der Waals surface area contributed by atoms with Crippen molar-refractivity contribution in [3.63, 3.8) is 0 Å². The molecule has 0 spiro atoms. The topological polar surface area (TPSA) is 46.2 Å². The van der Waals surface area contributed by atoms with Crippen LogP contribution in [0, 0.1) is 5.92 Å². The molecule has 2 rings (SSSR count). The highest BCUT2D eigenvalue weighted by Gasteiger charge is 2.21. The summed E-state index contributed by atoms with van der Waals surface area (Å²) in [5.41, 5.74) is 7.96. The number of nitrogens with two attached hydrogens (primary N) is 1. The van der Waals surface area contributed by atoms with Gasteiger partial charge in [0.05, 0.1) is 12.6 Å². The molecule has 2 nitrogen and oxygen atoms in total. The normalized spacial score (nSPS) is 26.0. The number of hydrogen-bond acceptors (Lipinski definition) is 2. The van der Waals surface area contributed by atoms with Crippen molar-refractivity contribution >= 4 is 11.6 Å². The van der Waals surface area contributed by atoms with Gasteiger partial charge in [0.15, 0.2) is 0 Å². The summed E-state index contributed by atoms with van der Waals surface area (Å²) in [7, 11) is 0. The lowest BCUT2D eigenvalue weighted by Crippen LogP contribution is -2.15. The van der Waals surface area contributed by atoms with Crippen LogP contribution in [-0.2, 0) is 0 Å². The molecule has 0 bridgehead atoms. The molecule has 0 amide bonds. The fraction of sp³-hybridized carbons (Fsp3) is 0.600. The maximum Gasteiger partial charge on any atom is 0.0624 e. The Morgan fingerprint density at radius 2 is 2.00 bits per heavy atom. The van der Waals surface area contributed by atoms with E-state index in [0.717, 1.165) is 16.5 Å². The predicted molar refractivity (Wildman–Crippen MR) is 75.8 cm³/mol. The van der Waals surface area contributed by atoms with E-state index in [1.165, 1.54) is 31.2 Å². The summed E-state index contributed by atoms with van der Waals surface area (Å²) in [5.74, 6) is 1.44. The number of benzene rings is 1. The van der Waals surface area contributed by atoms with Gasteiger partial charge in [-0.05, 0) is 41.9 Å². The van der Waals surface area contributed by atoms with Gasteiger partial charge in [-0.3, -0.25) is 0 Å². The third-order valence-electron chi connectivity index (χ3n) is 4.11. The number of rotatable bonds is 3. The molecule has 1 aliphatic rings. The second kappa shape index (κ2) is 6.05. The highest BCUT2D eigenvalue weighted by molar-refractivity contribution is 6.31. The maximum atomic E-state index is 9.06. The highest BCUT2D eigenvalue weighted by Crippen LogP contribution is 2.38. The standard InChI is InChI=1S/C15H22ClNO/c1-10-2-4-11(5-3-10)13-7-6-12(8-14(13)16)15(17)9-18/h6-8,10-11,15,18H,2-5,9,17H2,1H3. The van der Waals surface area contributed by atoms with E-state index in [9.17, 15) is 0 Å². The van der Waals surface area contributed by atoms with Gasteiger partial charge in [0.1, 0.15) is 0 Å². The lowest BCUT2D eigenvalue weighted by molar-refractivity contribution is 0.268. The van der Waals surface area contributed by atoms with Gasteiger partial charge in [-0.25, -0.2) is 0 Å². The van der Waals surface area contributed by atoms with Crippen molar-refractivity contribution in [2.24, 2.45) is 11.7 Å². The molecule has 18 heavy (non-hydrogen) atoms. The molecule has 0 saturated heterocycles. The summed E-state index contributed by atoms with van der Waals surface area (Å²) in [6.45, 7) is 2.28. The lowest BCUT2D eigenvalue weighted by atomic mass is 9.79. The molecule has 1 aromatic carbocycles. The first kappa shape index (κ1) is 13.9. The molecule has 3 N–H and O–H groups in total. The SMILES string of the molecule is CC1CCC(c2ccc(C(N)CO)cc2Cl)CC1. The van der Waals surface area contributed by atoms with Crippen molar-refractivity contribution in [1.82, 2.24) is 0 Å². The smallest absolute Gasteiger partial charge is 0.0624 e. The monoisotopic (exact) mass is 267 g/mol. The summed E-state index contributed by atoms with van der Waals surface area (Å²) >= 11 is 6.36. The van der Waals surface area contributed by atoms with Crippen LogP contribution in [0.15, 0.2) is 18.2 Å². The van der Waals surface area contributed by atoms with Crippen LogP contribution in [0.5, 0.6) is 0 Å².